The van der Waals surface area contributed by atoms with E-state index in [1.165, 1.54) is 0 Å². The highest BCUT2D eigenvalue weighted by atomic mass is 16.4. The lowest BCUT2D eigenvalue weighted by Crippen LogP contribution is -2.32. The molecule has 5 heteroatoms. The van der Waals surface area contributed by atoms with Gasteiger partial charge >= 0.3 is 5.97 Å². The first kappa shape index (κ1) is 17.7. The van der Waals surface area contributed by atoms with Crippen LogP contribution in [0.15, 0.2) is 54.6 Å². The molecule has 0 aliphatic heterocycles. The Balaban J connectivity index is 2.12. The zero-order valence-corrected chi connectivity index (χ0v) is 13.9. The van der Waals surface area contributed by atoms with E-state index in [-0.39, 0.29) is 12.3 Å². The second-order valence-corrected chi connectivity index (χ2v) is 5.86. The fourth-order valence-corrected chi connectivity index (χ4v) is 2.59. The molecule has 0 aliphatic carbocycles. The van der Waals surface area contributed by atoms with Gasteiger partial charge in [0.2, 0.25) is 5.91 Å². The second kappa shape index (κ2) is 8.26. The van der Waals surface area contributed by atoms with Crippen LogP contribution in [-0.4, -0.2) is 36.0 Å². The van der Waals surface area contributed by atoms with Gasteiger partial charge in [0.25, 0.3) is 0 Å². The van der Waals surface area contributed by atoms with E-state index in [1.54, 1.807) is 6.07 Å². The summed E-state index contributed by atoms with van der Waals surface area (Å²) in [6, 6.07) is 16.5. The largest absolute Gasteiger partial charge is 0.481 e. The van der Waals surface area contributed by atoms with Gasteiger partial charge in [-0.15, -0.1) is 0 Å². The molecule has 5 nitrogen and oxygen atoms in total. The summed E-state index contributed by atoms with van der Waals surface area (Å²) >= 11 is 0. The van der Waals surface area contributed by atoms with Crippen molar-refractivity contribution in [2.24, 2.45) is 0 Å². The number of rotatable bonds is 7. The van der Waals surface area contributed by atoms with Gasteiger partial charge in [-0.25, -0.2) is 0 Å². The highest BCUT2D eigenvalue weighted by Gasteiger charge is 2.22. The van der Waals surface area contributed by atoms with Crippen molar-refractivity contribution in [3.8, 4) is 0 Å². The molecule has 2 rings (SSSR count). The molecule has 1 amide bonds. The summed E-state index contributed by atoms with van der Waals surface area (Å²) in [5.41, 5.74) is 2.48. The molecule has 0 saturated heterocycles. The Morgan fingerprint density at radius 3 is 2.42 bits per heavy atom. The van der Waals surface area contributed by atoms with Gasteiger partial charge in [-0.3, -0.25) is 14.5 Å². The highest BCUT2D eigenvalue weighted by Crippen LogP contribution is 2.21. The minimum Gasteiger partial charge on any atom is -0.481 e. The molecule has 0 saturated carbocycles. The van der Waals surface area contributed by atoms with Crippen LogP contribution in [0.5, 0.6) is 0 Å². The van der Waals surface area contributed by atoms with Crippen LogP contribution >= 0.6 is 0 Å². The van der Waals surface area contributed by atoms with Crippen molar-refractivity contribution in [2.45, 2.75) is 18.9 Å². The first-order valence-corrected chi connectivity index (χ1v) is 7.80. The van der Waals surface area contributed by atoms with Gasteiger partial charge in [0, 0.05) is 12.1 Å². The number of amides is 1. The molecule has 126 valence electrons. The van der Waals surface area contributed by atoms with Crippen molar-refractivity contribution in [1.82, 2.24) is 4.90 Å². The minimum atomic E-state index is -0.832. The van der Waals surface area contributed by atoms with Gasteiger partial charge in [-0.1, -0.05) is 42.5 Å². The molecule has 1 unspecified atom stereocenters. The van der Waals surface area contributed by atoms with Crippen molar-refractivity contribution in [2.75, 3.05) is 19.4 Å². The van der Waals surface area contributed by atoms with Gasteiger partial charge in [-0.05, 0) is 43.8 Å². The number of carbonyl (C=O) groups is 2. The normalized spacial score (nSPS) is 12.0. The lowest BCUT2D eigenvalue weighted by atomic mass is 10.0. The molecule has 2 aromatic carbocycles. The summed E-state index contributed by atoms with van der Waals surface area (Å²) in [6.07, 6.45) is 0.510. The maximum atomic E-state index is 12.7. The number of aryl methyl sites for hydroxylation is 1. The Morgan fingerprint density at radius 2 is 1.79 bits per heavy atom. The zero-order chi connectivity index (χ0) is 17.5. The molecule has 24 heavy (non-hydrogen) atoms. The number of nitrogens with zero attached hydrogens (tertiary/aromatic N) is 1. The third-order valence-corrected chi connectivity index (χ3v) is 3.70. The van der Waals surface area contributed by atoms with Crippen LogP contribution < -0.4 is 5.32 Å². The zero-order valence-electron chi connectivity index (χ0n) is 13.9. The fraction of sp³-hybridized carbons (Fsp3) is 0.263. The number of hydrogen-bond donors (Lipinski definition) is 2. The molecule has 0 spiro atoms. The van der Waals surface area contributed by atoms with Crippen LogP contribution in [0, 0.1) is 0 Å². The maximum absolute atomic E-state index is 12.7. The van der Waals surface area contributed by atoms with Crippen LogP contribution in [0.3, 0.4) is 0 Å². The number of carboxylic acids is 1. The van der Waals surface area contributed by atoms with Gasteiger partial charge in [0.1, 0.15) is 6.04 Å². The van der Waals surface area contributed by atoms with E-state index in [4.69, 9.17) is 5.11 Å². The lowest BCUT2D eigenvalue weighted by molar-refractivity contribution is -0.137. The molecule has 0 fully saturated rings. The Bertz CT molecular complexity index is 699. The number of carbonyl (C=O) groups excluding carboxylic acids is 1. The third-order valence-electron chi connectivity index (χ3n) is 3.70. The van der Waals surface area contributed by atoms with Crippen LogP contribution in [0.4, 0.5) is 5.69 Å². The Kier molecular flexibility index (Phi) is 6.09. The number of aliphatic carboxylic acids is 1. The van der Waals surface area contributed by atoms with Crippen molar-refractivity contribution in [3.63, 3.8) is 0 Å². The number of benzene rings is 2. The lowest BCUT2D eigenvalue weighted by Gasteiger charge is -2.24. The molecule has 0 radical (unpaired) electrons. The summed E-state index contributed by atoms with van der Waals surface area (Å²) in [5.74, 6) is -0.956. The number of carboxylic acid groups (broad SMARTS) is 1. The number of likely N-dealkylation sites (N-methyl/N-ethyl adjacent to an activating group) is 1. The number of hydrogen-bond acceptors (Lipinski definition) is 3. The Morgan fingerprint density at radius 1 is 1.08 bits per heavy atom. The summed E-state index contributed by atoms with van der Waals surface area (Å²) in [4.78, 5) is 25.2. The molecule has 0 heterocycles. The van der Waals surface area contributed by atoms with E-state index in [2.05, 4.69) is 5.32 Å². The van der Waals surface area contributed by atoms with Crippen LogP contribution in [-0.2, 0) is 16.0 Å². The van der Waals surface area contributed by atoms with Crippen LogP contribution in [0.25, 0.3) is 0 Å². The summed E-state index contributed by atoms with van der Waals surface area (Å²) in [6.45, 7) is 0. The number of nitrogens with one attached hydrogen (secondary N) is 1. The Labute approximate surface area is 141 Å². The third kappa shape index (κ3) is 4.93. The predicted molar refractivity (Wildman–Crippen MR) is 93.9 cm³/mol. The quantitative estimate of drug-likeness (QED) is 0.821. The predicted octanol–water partition coefficient (Wildman–Crippen LogP) is 2.95. The molecular weight excluding hydrogens is 304 g/mol. The van der Waals surface area contributed by atoms with E-state index in [0.29, 0.717) is 12.1 Å². The van der Waals surface area contributed by atoms with E-state index < -0.39 is 12.0 Å². The smallest absolute Gasteiger partial charge is 0.303 e. The van der Waals surface area contributed by atoms with E-state index in [0.717, 1.165) is 11.1 Å². The van der Waals surface area contributed by atoms with E-state index in [1.807, 2.05) is 67.5 Å². The topological polar surface area (TPSA) is 69.6 Å². The van der Waals surface area contributed by atoms with Gasteiger partial charge in [-0.2, -0.15) is 0 Å². The molecule has 0 bridgehead atoms. The number of anilines is 1. The maximum Gasteiger partial charge on any atom is 0.303 e. The van der Waals surface area contributed by atoms with E-state index in [9.17, 15) is 9.59 Å². The summed E-state index contributed by atoms with van der Waals surface area (Å²) < 4.78 is 0. The minimum absolute atomic E-state index is 0.0712. The second-order valence-electron chi connectivity index (χ2n) is 5.86. The molecule has 0 aromatic heterocycles. The Hall–Kier alpha value is -2.66. The SMILES string of the molecule is CN(C)C(C(=O)Nc1cccc(CCC(=O)O)c1)c1ccccc1. The molecule has 0 aliphatic rings. The first-order chi connectivity index (χ1) is 11.5. The van der Waals surface area contributed by atoms with Gasteiger partial charge < -0.3 is 10.4 Å². The van der Waals surface area contributed by atoms with Crippen molar-refractivity contribution in [1.29, 1.82) is 0 Å². The summed E-state index contributed by atoms with van der Waals surface area (Å²) in [5, 5.41) is 11.7. The summed E-state index contributed by atoms with van der Waals surface area (Å²) in [7, 11) is 3.72. The average molecular weight is 326 g/mol. The van der Waals surface area contributed by atoms with Crippen LogP contribution in [0.2, 0.25) is 0 Å². The first-order valence-electron chi connectivity index (χ1n) is 7.80. The van der Waals surface area contributed by atoms with Crippen molar-refractivity contribution >= 4 is 17.6 Å². The molecule has 2 aromatic rings. The molecule has 2 N–H and O–H groups in total. The standard InChI is InChI=1S/C19H22N2O3/c1-21(2)18(15-8-4-3-5-9-15)19(24)20-16-10-6-7-14(13-16)11-12-17(22)23/h3-10,13,18H,11-12H2,1-2H3,(H,20,24)(H,22,23). The molecular formula is C19H22N2O3. The van der Waals surface area contributed by atoms with Gasteiger partial charge in [0.15, 0.2) is 0 Å². The monoisotopic (exact) mass is 326 g/mol. The van der Waals surface area contributed by atoms with Gasteiger partial charge in [0.05, 0.1) is 0 Å². The van der Waals surface area contributed by atoms with Crippen molar-refractivity contribution < 1.29 is 14.7 Å². The fourth-order valence-electron chi connectivity index (χ4n) is 2.59. The van der Waals surface area contributed by atoms with E-state index >= 15 is 0 Å². The van der Waals surface area contributed by atoms with Crippen molar-refractivity contribution in [3.05, 3.63) is 65.7 Å². The molecule has 1 atom stereocenters. The van der Waals surface area contributed by atoms with Crippen LogP contribution in [0.1, 0.15) is 23.6 Å². The average Bonchev–Trinajstić information content (AvgIpc) is 2.54. The highest BCUT2D eigenvalue weighted by molar-refractivity contribution is 5.95.